The Morgan fingerprint density at radius 3 is 2.67 bits per heavy atom. The molecule has 2 N–H and O–H groups in total. The predicted octanol–water partition coefficient (Wildman–Crippen LogP) is 2.17. The predicted molar refractivity (Wildman–Crippen MR) is 102 cm³/mol. The van der Waals surface area contributed by atoms with Gasteiger partial charge in [0.05, 0.1) is 12.2 Å². The van der Waals surface area contributed by atoms with Crippen LogP contribution in [0.15, 0.2) is 6.07 Å². The third-order valence-corrected chi connectivity index (χ3v) is 5.57. The van der Waals surface area contributed by atoms with Gasteiger partial charge in [-0.15, -0.1) is 0 Å². The van der Waals surface area contributed by atoms with Gasteiger partial charge in [-0.2, -0.15) is 5.10 Å². The van der Waals surface area contributed by atoms with Gasteiger partial charge in [-0.25, -0.2) is 9.48 Å². The number of amides is 2. The molecular weight excluding hydrogens is 346 g/mol. The zero-order chi connectivity index (χ0) is 19.4. The summed E-state index contributed by atoms with van der Waals surface area (Å²) < 4.78 is 7.28. The first-order chi connectivity index (χ1) is 12.9. The van der Waals surface area contributed by atoms with Gasteiger partial charge >= 0.3 is 6.09 Å². The Kier molecular flexibility index (Phi) is 5.92. The highest BCUT2D eigenvalue weighted by Crippen LogP contribution is 2.33. The standard InChI is InChI=1S/C19H31N5O3/c1-3-4-5-6-9-23-14-19(27-18(23)26)7-10-22(11-8-19)17(25)13-24-16(20)12-15(2)21-24/h12H,3-11,13-14,20H2,1-2H3. The molecule has 0 bridgehead atoms. The van der Waals surface area contributed by atoms with E-state index in [9.17, 15) is 9.59 Å². The molecule has 2 aliphatic heterocycles. The van der Waals surface area contributed by atoms with Gasteiger partial charge in [0.1, 0.15) is 18.0 Å². The molecule has 150 valence electrons. The van der Waals surface area contributed by atoms with Crippen LogP contribution >= 0.6 is 0 Å². The van der Waals surface area contributed by atoms with Crippen molar-refractivity contribution in [3.8, 4) is 0 Å². The summed E-state index contributed by atoms with van der Waals surface area (Å²) in [4.78, 5) is 28.4. The van der Waals surface area contributed by atoms with Crippen molar-refractivity contribution in [1.82, 2.24) is 19.6 Å². The van der Waals surface area contributed by atoms with Crippen LogP contribution in [0.3, 0.4) is 0 Å². The maximum absolute atomic E-state index is 12.6. The van der Waals surface area contributed by atoms with E-state index in [4.69, 9.17) is 10.5 Å². The van der Waals surface area contributed by atoms with E-state index in [0.717, 1.165) is 25.1 Å². The lowest BCUT2D eigenvalue weighted by Gasteiger charge is -2.37. The number of aromatic nitrogens is 2. The summed E-state index contributed by atoms with van der Waals surface area (Å²) in [6.45, 7) is 6.77. The van der Waals surface area contributed by atoms with E-state index in [1.165, 1.54) is 17.5 Å². The largest absolute Gasteiger partial charge is 0.441 e. The Hall–Kier alpha value is -2.25. The molecular formula is C19H31N5O3. The number of carbonyl (C=O) groups is 2. The first-order valence-electron chi connectivity index (χ1n) is 9.98. The summed E-state index contributed by atoms with van der Waals surface area (Å²) in [6, 6.07) is 1.76. The highest BCUT2D eigenvalue weighted by molar-refractivity contribution is 5.76. The molecule has 3 heterocycles. The van der Waals surface area contributed by atoms with Crippen molar-refractivity contribution >= 4 is 17.8 Å². The number of nitrogens with two attached hydrogens (primary N) is 1. The second-order valence-electron chi connectivity index (χ2n) is 7.78. The maximum atomic E-state index is 12.6. The molecule has 8 heteroatoms. The molecule has 0 atom stereocenters. The average molecular weight is 377 g/mol. The fraction of sp³-hybridized carbons (Fsp3) is 0.737. The van der Waals surface area contributed by atoms with Crippen molar-refractivity contribution in [3.05, 3.63) is 11.8 Å². The SMILES string of the molecule is CCCCCCN1CC2(CCN(C(=O)Cn3nc(C)cc3N)CC2)OC1=O. The smallest absolute Gasteiger partial charge is 0.410 e. The summed E-state index contributed by atoms with van der Waals surface area (Å²) in [5.74, 6) is 0.498. The van der Waals surface area contributed by atoms with Crippen molar-refractivity contribution < 1.29 is 14.3 Å². The first kappa shape index (κ1) is 19.5. The Morgan fingerprint density at radius 2 is 2.04 bits per heavy atom. The van der Waals surface area contributed by atoms with Gasteiger partial charge in [0.2, 0.25) is 5.91 Å². The maximum Gasteiger partial charge on any atom is 0.410 e. The number of likely N-dealkylation sites (tertiary alicyclic amines) is 1. The van der Waals surface area contributed by atoms with E-state index in [0.29, 0.717) is 38.3 Å². The molecule has 0 saturated carbocycles. The Morgan fingerprint density at radius 1 is 1.30 bits per heavy atom. The molecule has 0 unspecified atom stereocenters. The molecule has 1 spiro atoms. The summed E-state index contributed by atoms with van der Waals surface area (Å²) in [5, 5.41) is 4.25. The fourth-order valence-corrected chi connectivity index (χ4v) is 3.94. The van der Waals surface area contributed by atoms with Crippen LogP contribution in [-0.2, 0) is 16.1 Å². The lowest BCUT2D eigenvalue weighted by atomic mass is 9.91. The minimum absolute atomic E-state index is 0.000366. The normalized spacial score (nSPS) is 19.0. The molecule has 2 aliphatic rings. The third-order valence-electron chi connectivity index (χ3n) is 5.57. The number of nitrogen functional groups attached to an aromatic ring is 1. The van der Waals surface area contributed by atoms with Crippen LogP contribution in [0, 0.1) is 6.92 Å². The summed E-state index contributed by atoms with van der Waals surface area (Å²) in [7, 11) is 0. The summed E-state index contributed by atoms with van der Waals surface area (Å²) in [6.07, 6.45) is 5.71. The van der Waals surface area contributed by atoms with Crippen LogP contribution in [0.2, 0.25) is 0 Å². The number of hydrogen-bond acceptors (Lipinski definition) is 5. The van der Waals surface area contributed by atoms with Gasteiger partial charge in [-0.05, 0) is 13.3 Å². The number of piperidine rings is 1. The highest BCUT2D eigenvalue weighted by Gasteiger charge is 2.47. The zero-order valence-electron chi connectivity index (χ0n) is 16.4. The first-order valence-corrected chi connectivity index (χ1v) is 9.98. The number of aryl methyl sites for hydroxylation is 1. The van der Waals surface area contributed by atoms with Crippen molar-refractivity contribution in [2.24, 2.45) is 0 Å². The van der Waals surface area contributed by atoms with E-state index in [2.05, 4.69) is 12.0 Å². The topological polar surface area (TPSA) is 93.7 Å². The Bertz CT molecular complexity index is 679. The number of rotatable bonds is 7. The van der Waals surface area contributed by atoms with Crippen molar-refractivity contribution in [2.45, 2.75) is 64.5 Å². The molecule has 0 aliphatic carbocycles. The minimum Gasteiger partial charge on any atom is -0.441 e. The van der Waals surface area contributed by atoms with E-state index in [1.54, 1.807) is 6.07 Å². The van der Waals surface area contributed by atoms with Gasteiger partial charge in [0, 0.05) is 38.5 Å². The molecule has 0 aromatic carbocycles. The number of hydrogen-bond donors (Lipinski definition) is 1. The number of carbonyl (C=O) groups excluding carboxylic acids is 2. The fourth-order valence-electron chi connectivity index (χ4n) is 3.94. The van der Waals surface area contributed by atoms with Crippen LogP contribution in [0.1, 0.15) is 51.1 Å². The number of ether oxygens (including phenoxy) is 1. The number of anilines is 1. The third kappa shape index (κ3) is 4.54. The van der Waals surface area contributed by atoms with Gasteiger partial charge in [-0.1, -0.05) is 26.2 Å². The summed E-state index contributed by atoms with van der Waals surface area (Å²) >= 11 is 0. The van der Waals surface area contributed by atoms with Gasteiger partial charge < -0.3 is 20.3 Å². The lowest BCUT2D eigenvalue weighted by Crippen LogP contribution is -2.49. The molecule has 1 aromatic rings. The summed E-state index contributed by atoms with van der Waals surface area (Å²) in [5.41, 5.74) is 6.24. The van der Waals surface area contributed by atoms with Gasteiger partial charge in [0.25, 0.3) is 0 Å². The van der Waals surface area contributed by atoms with Crippen LogP contribution in [0.5, 0.6) is 0 Å². The molecule has 2 amide bonds. The molecule has 3 rings (SSSR count). The van der Waals surface area contributed by atoms with Crippen LogP contribution in [-0.4, -0.2) is 63.4 Å². The minimum atomic E-state index is -0.431. The van der Waals surface area contributed by atoms with Gasteiger partial charge in [0.15, 0.2) is 0 Å². The van der Waals surface area contributed by atoms with E-state index < -0.39 is 5.60 Å². The molecule has 0 radical (unpaired) electrons. The van der Waals surface area contributed by atoms with Crippen molar-refractivity contribution in [2.75, 3.05) is 31.9 Å². The molecule has 8 nitrogen and oxygen atoms in total. The molecule has 2 fully saturated rings. The van der Waals surface area contributed by atoms with E-state index in [-0.39, 0.29) is 18.5 Å². The van der Waals surface area contributed by atoms with Crippen LogP contribution in [0.25, 0.3) is 0 Å². The Labute approximate surface area is 160 Å². The Balaban J connectivity index is 1.49. The molecule has 27 heavy (non-hydrogen) atoms. The van der Waals surface area contributed by atoms with Crippen molar-refractivity contribution in [1.29, 1.82) is 0 Å². The van der Waals surface area contributed by atoms with Crippen LogP contribution in [0.4, 0.5) is 10.6 Å². The second kappa shape index (κ2) is 8.19. The van der Waals surface area contributed by atoms with E-state index in [1.807, 2.05) is 16.7 Å². The van der Waals surface area contributed by atoms with Crippen LogP contribution < -0.4 is 5.73 Å². The molecule has 2 saturated heterocycles. The lowest BCUT2D eigenvalue weighted by molar-refractivity contribution is -0.135. The highest BCUT2D eigenvalue weighted by atomic mass is 16.6. The zero-order valence-corrected chi connectivity index (χ0v) is 16.4. The number of nitrogens with zero attached hydrogens (tertiary/aromatic N) is 4. The quantitative estimate of drug-likeness (QED) is 0.735. The monoisotopic (exact) mass is 377 g/mol. The average Bonchev–Trinajstić information content (AvgIpc) is 3.10. The van der Waals surface area contributed by atoms with Crippen molar-refractivity contribution in [3.63, 3.8) is 0 Å². The second-order valence-corrected chi connectivity index (χ2v) is 7.78. The van der Waals surface area contributed by atoms with E-state index >= 15 is 0 Å². The van der Waals surface area contributed by atoms with Gasteiger partial charge in [-0.3, -0.25) is 4.79 Å². The molecule has 1 aromatic heterocycles. The number of unbranched alkanes of at least 4 members (excludes halogenated alkanes) is 3.